The van der Waals surface area contributed by atoms with Crippen molar-refractivity contribution in [3.8, 4) is 0 Å². The minimum atomic E-state index is -1.18. The number of ketones is 1. The maximum absolute atomic E-state index is 13.0. The summed E-state index contributed by atoms with van der Waals surface area (Å²) in [6, 6.07) is 17.2. The fourth-order valence-electron chi connectivity index (χ4n) is 3.14. The number of carboxylic acid groups (broad SMARTS) is 1. The third kappa shape index (κ3) is 8.57. The summed E-state index contributed by atoms with van der Waals surface area (Å²) >= 11 is 0. The quantitative estimate of drug-likeness (QED) is 0.120. The Morgan fingerprint density at radius 3 is 2.12 bits per heavy atom. The molecule has 2 aromatic carbocycles. The van der Waals surface area contributed by atoms with Crippen LogP contribution in [0.3, 0.4) is 0 Å². The van der Waals surface area contributed by atoms with Crippen LogP contribution in [0.1, 0.15) is 30.4 Å². The van der Waals surface area contributed by atoms with E-state index in [1.165, 1.54) is 0 Å². The number of nitrogens with two attached hydrogens (primary N) is 2. The number of amides is 1. The van der Waals surface area contributed by atoms with Gasteiger partial charge in [-0.15, -0.1) is 0 Å². The van der Waals surface area contributed by atoms with E-state index in [4.69, 9.17) is 11.5 Å². The molecule has 6 N–H and O–H groups in total. The van der Waals surface area contributed by atoms with Crippen molar-refractivity contribution in [3.05, 3.63) is 71.8 Å². The Bertz CT molecular complexity index is 914. The van der Waals surface area contributed by atoms with Crippen LogP contribution in [0, 0.1) is 0 Å². The first-order chi connectivity index (χ1) is 15.4. The molecule has 0 radical (unpaired) electrons. The van der Waals surface area contributed by atoms with Crippen molar-refractivity contribution < 1.29 is 19.5 Å². The summed E-state index contributed by atoms with van der Waals surface area (Å²) in [7, 11) is 0. The molecule has 32 heavy (non-hydrogen) atoms. The molecule has 0 aliphatic rings. The standard InChI is InChI=1S/C23H29N5O4/c24-23(25)26-13-7-12-20(22(31)32)28(27-16-18-10-5-2-6-11-18)21(30)15-19(29)14-17-8-3-1-4-9-17/h1-6,8-11,20,27H,7,12-16H2,(H,31,32)(H4,24,25,26)/t20-/m0/s1. The Morgan fingerprint density at radius 1 is 0.969 bits per heavy atom. The van der Waals surface area contributed by atoms with E-state index in [2.05, 4.69) is 10.4 Å². The van der Waals surface area contributed by atoms with Gasteiger partial charge < -0.3 is 16.6 Å². The number of carboxylic acids is 1. The molecule has 0 fully saturated rings. The molecule has 0 spiro atoms. The fraction of sp³-hybridized carbons (Fsp3) is 0.304. The Kier molecular flexibility index (Phi) is 9.86. The van der Waals surface area contributed by atoms with E-state index in [-0.39, 0.29) is 37.7 Å². The van der Waals surface area contributed by atoms with Crippen molar-refractivity contribution in [1.29, 1.82) is 0 Å². The van der Waals surface area contributed by atoms with Crippen LogP contribution in [0.2, 0.25) is 0 Å². The van der Waals surface area contributed by atoms with Crippen molar-refractivity contribution in [2.24, 2.45) is 16.5 Å². The fourth-order valence-corrected chi connectivity index (χ4v) is 3.14. The lowest BCUT2D eigenvalue weighted by Crippen LogP contribution is -2.53. The van der Waals surface area contributed by atoms with Crippen LogP contribution >= 0.6 is 0 Å². The van der Waals surface area contributed by atoms with Gasteiger partial charge in [0, 0.05) is 19.5 Å². The van der Waals surface area contributed by atoms with Crippen LogP contribution in [0.5, 0.6) is 0 Å². The Balaban J connectivity index is 2.11. The molecule has 1 amide bonds. The third-order valence-corrected chi connectivity index (χ3v) is 4.68. The molecule has 1 atom stereocenters. The van der Waals surface area contributed by atoms with Crippen molar-refractivity contribution in [2.45, 2.75) is 38.3 Å². The van der Waals surface area contributed by atoms with E-state index in [0.717, 1.165) is 16.1 Å². The Labute approximate surface area is 187 Å². The summed E-state index contributed by atoms with van der Waals surface area (Å²) in [4.78, 5) is 41.2. The van der Waals surface area contributed by atoms with Gasteiger partial charge in [0.15, 0.2) is 5.96 Å². The van der Waals surface area contributed by atoms with Gasteiger partial charge in [-0.1, -0.05) is 60.7 Å². The highest BCUT2D eigenvalue weighted by Crippen LogP contribution is 2.11. The molecule has 0 bridgehead atoms. The molecule has 0 aliphatic heterocycles. The maximum Gasteiger partial charge on any atom is 0.328 e. The number of hydrazine groups is 1. The van der Waals surface area contributed by atoms with Gasteiger partial charge in [-0.05, 0) is 24.0 Å². The van der Waals surface area contributed by atoms with E-state index in [1.54, 1.807) is 12.1 Å². The summed E-state index contributed by atoms with van der Waals surface area (Å²) in [6.45, 7) is 0.469. The first-order valence-corrected chi connectivity index (χ1v) is 10.3. The van der Waals surface area contributed by atoms with Crippen molar-refractivity contribution in [2.75, 3.05) is 6.54 Å². The molecule has 0 aliphatic carbocycles. The lowest BCUT2D eigenvalue weighted by atomic mass is 10.1. The van der Waals surface area contributed by atoms with Crippen LogP contribution in [0.25, 0.3) is 0 Å². The largest absolute Gasteiger partial charge is 0.480 e. The Morgan fingerprint density at radius 2 is 1.56 bits per heavy atom. The number of guanidine groups is 1. The van der Waals surface area contributed by atoms with E-state index >= 15 is 0 Å². The van der Waals surface area contributed by atoms with Gasteiger partial charge in [-0.3, -0.25) is 19.6 Å². The number of carbonyl (C=O) groups excluding carboxylic acids is 2. The molecule has 0 saturated carbocycles. The predicted octanol–water partition coefficient (Wildman–Crippen LogP) is 1.23. The first kappa shape index (κ1) is 24.5. The summed E-state index contributed by atoms with van der Waals surface area (Å²) in [6.07, 6.45) is 0.159. The minimum absolute atomic E-state index is 0.0847. The molecule has 2 aromatic rings. The predicted molar refractivity (Wildman–Crippen MR) is 121 cm³/mol. The van der Waals surface area contributed by atoms with Crippen LogP contribution in [0.4, 0.5) is 0 Å². The summed E-state index contributed by atoms with van der Waals surface area (Å²) < 4.78 is 0. The molecule has 9 heteroatoms. The number of hydrogen-bond donors (Lipinski definition) is 4. The average molecular weight is 440 g/mol. The van der Waals surface area contributed by atoms with E-state index in [1.807, 2.05) is 48.5 Å². The molecule has 2 rings (SSSR count). The van der Waals surface area contributed by atoms with Gasteiger partial charge in [0.05, 0.1) is 6.42 Å². The van der Waals surface area contributed by atoms with Gasteiger partial charge in [0.1, 0.15) is 11.8 Å². The molecule has 0 aromatic heterocycles. The molecular weight excluding hydrogens is 410 g/mol. The molecule has 9 nitrogen and oxygen atoms in total. The number of hydrogen-bond acceptors (Lipinski definition) is 5. The highest BCUT2D eigenvalue weighted by molar-refractivity contribution is 5.99. The number of nitrogens with zero attached hydrogens (tertiary/aromatic N) is 2. The highest BCUT2D eigenvalue weighted by Gasteiger charge is 2.30. The number of rotatable bonds is 13. The highest BCUT2D eigenvalue weighted by atomic mass is 16.4. The maximum atomic E-state index is 13.0. The van der Waals surface area contributed by atoms with Gasteiger partial charge in [0.25, 0.3) is 0 Å². The zero-order chi connectivity index (χ0) is 23.3. The molecule has 0 heterocycles. The first-order valence-electron chi connectivity index (χ1n) is 10.3. The second kappa shape index (κ2) is 12.9. The molecule has 0 unspecified atom stereocenters. The normalized spacial score (nSPS) is 11.4. The second-order valence-electron chi connectivity index (χ2n) is 7.26. The number of benzene rings is 2. The van der Waals surface area contributed by atoms with Crippen molar-refractivity contribution in [1.82, 2.24) is 10.4 Å². The topological polar surface area (TPSA) is 151 Å². The summed E-state index contributed by atoms with van der Waals surface area (Å²) in [5, 5.41) is 10.8. The molecular formula is C23H29N5O4. The van der Waals surface area contributed by atoms with Gasteiger partial charge >= 0.3 is 5.97 Å². The molecule has 170 valence electrons. The number of aliphatic imine (C=N–C) groups is 1. The second-order valence-corrected chi connectivity index (χ2v) is 7.26. The monoisotopic (exact) mass is 439 g/mol. The lowest BCUT2D eigenvalue weighted by molar-refractivity contribution is -0.155. The Hall–Kier alpha value is -3.72. The minimum Gasteiger partial charge on any atom is -0.480 e. The van der Waals surface area contributed by atoms with Gasteiger partial charge in [0.2, 0.25) is 5.91 Å². The third-order valence-electron chi connectivity index (χ3n) is 4.68. The van der Waals surface area contributed by atoms with Crippen LogP contribution in [0.15, 0.2) is 65.7 Å². The van der Waals surface area contributed by atoms with Crippen LogP contribution in [-0.4, -0.2) is 46.3 Å². The summed E-state index contributed by atoms with van der Waals surface area (Å²) in [5.41, 5.74) is 15.2. The number of Topliss-reactive ketones (excluding diaryl/α,β-unsaturated/α-hetero) is 1. The zero-order valence-corrected chi connectivity index (χ0v) is 17.8. The SMILES string of the molecule is NC(N)=NCCC[C@@H](C(=O)O)N(NCc1ccccc1)C(=O)CC(=O)Cc1ccccc1. The number of carbonyl (C=O) groups is 3. The van der Waals surface area contributed by atoms with E-state index in [9.17, 15) is 19.5 Å². The molecule has 0 saturated heterocycles. The van der Waals surface area contributed by atoms with Gasteiger partial charge in [-0.2, -0.15) is 0 Å². The van der Waals surface area contributed by atoms with Crippen molar-refractivity contribution >= 4 is 23.6 Å². The number of nitrogens with one attached hydrogen (secondary N) is 1. The van der Waals surface area contributed by atoms with Crippen LogP contribution in [-0.2, 0) is 27.3 Å². The lowest BCUT2D eigenvalue weighted by Gasteiger charge is -2.29. The average Bonchev–Trinajstić information content (AvgIpc) is 2.76. The summed E-state index contributed by atoms with van der Waals surface area (Å²) in [5.74, 6) is -2.16. The van der Waals surface area contributed by atoms with E-state index < -0.39 is 24.3 Å². The van der Waals surface area contributed by atoms with Gasteiger partial charge in [-0.25, -0.2) is 10.2 Å². The van der Waals surface area contributed by atoms with Crippen molar-refractivity contribution in [3.63, 3.8) is 0 Å². The smallest absolute Gasteiger partial charge is 0.328 e. The van der Waals surface area contributed by atoms with E-state index in [0.29, 0.717) is 6.42 Å². The van der Waals surface area contributed by atoms with Crippen LogP contribution < -0.4 is 16.9 Å². The number of aliphatic carboxylic acids is 1. The zero-order valence-electron chi connectivity index (χ0n) is 17.8.